The van der Waals surface area contributed by atoms with Crippen LogP contribution in [0.2, 0.25) is 0 Å². The predicted molar refractivity (Wildman–Crippen MR) is 109 cm³/mol. The molecule has 2 saturated heterocycles. The molecule has 0 aromatic carbocycles. The first-order valence-corrected chi connectivity index (χ1v) is 11.5. The van der Waals surface area contributed by atoms with Gasteiger partial charge in [-0.1, -0.05) is 6.42 Å². The Kier molecular flexibility index (Phi) is 4.88. The second kappa shape index (κ2) is 7.42. The molecule has 1 N–H and O–H groups in total. The van der Waals surface area contributed by atoms with Crippen molar-refractivity contribution in [1.29, 1.82) is 0 Å². The fraction of sp³-hybridized carbons (Fsp3) is 0.773. The minimum atomic E-state index is -0.339. The maximum Gasteiger partial charge on any atom is 0.239 e. The van der Waals surface area contributed by atoms with Crippen LogP contribution in [0.25, 0.3) is 0 Å². The number of nitrogens with zero attached hydrogens (tertiary/aromatic N) is 4. The third-order valence-electron chi connectivity index (χ3n) is 7.93. The van der Waals surface area contributed by atoms with E-state index in [1.54, 1.807) is 6.33 Å². The predicted octanol–water partition coefficient (Wildman–Crippen LogP) is 1.90. The zero-order valence-corrected chi connectivity index (χ0v) is 17.5. The molecule has 7 heteroatoms. The lowest BCUT2D eigenvalue weighted by atomic mass is 9.76. The van der Waals surface area contributed by atoms with Gasteiger partial charge >= 0.3 is 0 Å². The minimum absolute atomic E-state index is 0.0356. The van der Waals surface area contributed by atoms with Gasteiger partial charge in [0.15, 0.2) is 0 Å². The highest BCUT2D eigenvalue weighted by molar-refractivity contribution is 5.82. The van der Waals surface area contributed by atoms with Crippen LogP contribution in [-0.2, 0) is 21.5 Å². The number of fused-ring (bicyclic) bond motifs is 2. The average molecular weight is 400 g/mol. The van der Waals surface area contributed by atoms with Crippen molar-refractivity contribution in [3.63, 3.8) is 0 Å². The van der Waals surface area contributed by atoms with Crippen LogP contribution in [0.4, 0.5) is 0 Å². The number of hydrogen-bond acceptors (Lipinski definition) is 4. The normalized spacial score (nSPS) is 25.7. The highest BCUT2D eigenvalue weighted by atomic mass is 16.2. The van der Waals surface area contributed by atoms with Gasteiger partial charge in [0, 0.05) is 37.7 Å². The Labute approximate surface area is 172 Å². The fourth-order valence-corrected chi connectivity index (χ4v) is 5.83. The van der Waals surface area contributed by atoms with E-state index in [9.17, 15) is 9.59 Å². The SMILES string of the molecule is CC(C(=O)N1CCC2(CC1)c1nc[nH]c1CCN2C(=O)C1CCC1)N1CCCC1. The third kappa shape index (κ3) is 3.09. The van der Waals surface area contributed by atoms with Gasteiger partial charge in [-0.05, 0) is 58.5 Å². The summed E-state index contributed by atoms with van der Waals surface area (Å²) in [6, 6.07) is -0.0356. The maximum atomic E-state index is 13.3. The van der Waals surface area contributed by atoms with Crippen LogP contribution in [0.3, 0.4) is 0 Å². The van der Waals surface area contributed by atoms with Crippen molar-refractivity contribution < 1.29 is 9.59 Å². The zero-order chi connectivity index (χ0) is 20.0. The lowest BCUT2D eigenvalue weighted by Crippen LogP contribution is -2.61. The van der Waals surface area contributed by atoms with E-state index in [1.165, 1.54) is 25.0 Å². The van der Waals surface area contributed by atoms with Gasteiger partial charge in [0.25, 0.3) is 0 Å². The maximum absolute atomic E-state index is 13.3. The molecule has 3 fully saturated rings. The average Bonchev–Trinajstić information content (AvgIpc) is 3.38. The number of hydrogen-bond donors (Lipinski definition) is 1. The Morgan fingerprint density at radius 1 is 1.10 bits per heavy atom. The molecule has 3 aliphatic heterocycles. The molecule has 158 valence electrons. The standard InChI is InChI=1S/C22H33N5O2/c1-16(25-10-2-3-11-25)20(28)26-13-8-22(9-14-26)19-18(23-15-24-19)7-12-27(22)21(29)17-5-4-6-17/h15-17H,2-14H2,1H3,(H,23,24). The molecular formula is C22H33N5O2. The van der Waals surface area contributed by atoms with Crippen molar-refractivity contribution in [2.75, 3.05) is 32.7 Å². The van der Waals surface area contributed by atoms with Crippen LogP contribution in [0, 0.1) is 5.92 Å². The highest BCUT2D eigenvalue weighted by Crippen LogP contribution is 2.44. The number of nitrogens with one attached hydrogen (secondary N) is 1. The molecule has 1 unspecified atom stereocenters. The first-order valence-electron chi connectivity index (χ1n) is 11.5. The molecule has 29 heavy (non-hydrogen) atoms. The number of piperidine rings is 1. The lowest BCUT2D eigenvalue weighted by molar-refractivity contribution is -0.151. The van der Waals surface area contributed by atoms with E-state index in [-0.39, 0.29) is 23.4 Å². The summed E-state index contributed by atoms with van der Waals surface area (Å²) in [4.78, 5) is 40.9. The molecule has 5 rings (SSSR count). The molecule has 1 spiro atoms. The topological polar surface area (TPSA) is 72.5 Å². The van der Waals surface area contributed by atoms with E-state index in [0.717, 1.165) is 57.4 Å². The molecule has 1 aromatic heterocycles. The van der Waals surface area contributed by atoms with E-state index in [4.69, 9.17) is 0 Å². The molecule has 1 aliphatic carbocycles. The Morgan fingerprint density at radius 2 is 1.83 bits per heavy atom. The van der Waals surface area contributed by atoms with Gasteiger partial charge < -0.3 is 14.8 Å². The number of carbonyl (C=O) groups excluding carboxylic acids is 2. The molecule has 1 atom stereocenters. The minimum Gasteiger partial charge on any atom is -0.348 e. The molecular weight excluding hydrogens is 366 g/mol. The molecule has 2 amide bonds. The summed E-state index contributed by atoms with van der Waals surface area (Å²) in [5.41, 5.74) is 1.89. The second-order valence-corrected chi connectivity index (χ2v) is 9.37. The summed E-state index contributed by atoms with van der Waals surface area (Å²) >= 11 is 0. The first kappa shape index (κ1) is 19.1. The van der Waals surface area contributed by atoms with Crippen molar-refractivity contribution >= 4 is 11.8 Å². The van der Waals surface area contributed by atoms with Crippen LogP contribution in [0.1, 0.15) is 63.3 Å². The summed E-state index contributed by atoms with van der Waals surface area (Å²) in [6.07, 6.45) is 9.82. The summed E-state index contributed by atoms with van der Waals surface area (Å²) in [5.74, 6) is 0.758. The van der Waals surface area contributed by atoms with E-state index in [0.29, 0.717) is 19.0 Å². The monoisotopic (exact) mass is 399 g/mol. The zero-order valence-electron chi connectivity index (χ0n) is 17.5. The third-order valence-corrected chi connectivity index (χ3v) is 7.93. The number of amides is 2. The highest BCUT2D eigenvalue weighted by Gasteiger charge is 2.50. The molecule has 1 aromatic rings. The van der Waals surface area contributed by atoms with Gasteiger partial charge in [-0.3, -0.25) is 14.5 Å². The Morgan fingerprint density at radius 3 is 2.48 bits per heavy atom. The van der Waals surface area contributed by atoms with E-state index < -0.39 is 0 Å². The number of rotatable bonds is 3. The van der Waals surface area contributed by atoms with E-state index >= 15 is 0 Å². The quantitative estimate of drug-likeness (QED) is 0.843. The molecule has 0 bridgehead atoms. The summed E-state index contributed by atoms with van der Waals surface area (Å²) in [6.45, 7) is 6.30. The molecule has 1 saturated carbocycles. The Hall–Kier alpha value is -1.89. The van der Waals surface area contributed by atoms with E-state index in [1.807, 2.05) is 4.90 Å². The number of likely N-dealkylation sites (tertiary alicyclic amines) is 2. The van der Waals surface area contributed by atoms with Gasteiger partial charge in [0.2, 0.25) is 11.8 Å². The first-order chi connectivity index (χ1) is 14.1. The smallest absolute Gasteiger partial charge is 0.239 e. The van der Waals surface area contributed by atoms with Crippen molar-refractivity contribution in [2.45, 2.75) is 69.9 Å². The Bertz CT molecular complexity index is 772. The van der Waals surface area contributed by atoms with Gasteiger partial charge in [-0.25, -0.2) is 4.98 Å². The van der Waals surface area contributed by atoms with Crippen LogP contribution >= 0.6 is 0 Å². The van der Waals surface area contributed by atoms with Crippen molar-refractivity contribution in [3.8, 4) is 0 Å². The summed E-state index contributed by atoms with van der Waals surface area (Å²) in [7, 11) is 0. The van der Waals surface area contributed by atoms with Crippen molar-refractivity contribution in [2.24, 2.45) is 5.92 Å². The molecule has 7 nitrogen and oxygen atoms in total. The van der Waals surface area contributed by atoms with Gasteiger partial charge in [0.05, 0.1) is 23.6 Å². The number of H-pyrrole nitrogens is 1. The molecule has 0 radical (unpaired) electrons. The number of imidazole rings is 1. The number of aromatic nitrogens is 2. The van der Waals surface area contributed by atoms with E-state index in [2.05, 4.69) is 26.7 Å². The van der Waals surface area contributed by atoms with Crippen LogP contribution in [0.5, 0.6) is 0 Å². The summed E-state index contributed by atoms with van der Waals surface area (Å²) in [5, 5.41) is 0. The molecule has 4 aliphatic rings. The van der Waals surface area contributed by atoms with Crippen LogP contribution < -0.4 is 0 Å². The summed E-state index contributed by atoms with van der Waals surface area (Å²) < 4.78 is 0. The lowest BCUT2D eigenvalue weighted by Gasteiger charge is -2.52. The van der Waals surface area contributed by atoms with Crippen LogP contribution in [0.15, 0.2) is 6.33 Å². The van der Waals surface area contributed by atoms with Crippen molar-refractivity contribution in [3.05, 3.63) is 17.7 Å². The van der Waals surface area contributed by atoms with Gasteiger partial charge in [0.1, 0.15) is 0 Å². The largest absolute Gasteiger partial charge is 0.348 e. The second-order valence-electron chi connectivity index (χ2n) is 9.37. The van der Waals surface area contributed by atoms with Gasteiger partial charge in [-0.15, -0.1) is 0 Å². The van der Waals surface area contributed by atoms with Crippen LogP contribution in [-0.4, -0.2) is 75.2 Å². The Balaban J connectivity index is 1.35. The molecule has 4 heterocycles. The number of aromatic amines is 1. The van der Waals surface area contributed by atoms with Gasteiger partial charge in [-0.2, -0.15) is 0 Å². The van der Waals surface area contributed by atoms with Crippen molar-refractivity contribution in [1.82, 2.24) is 24.7 Å². The number of carbonyl (C=O) groups is 2. The fourth-order valence-electron chi connectivity index (χ4n) is 5.83.